The lowest BCUT2D eigenvalue weighted by Gasteiger charge is -2.35. The first kappa shape index (κ1) is 17.3. The summed E-state index contributed by atoms with van der Waals surface area (Å²) in [7, 11) is 1.86. The van der Waals surface area contributed by atoms with Gasteiger partial charge in [-0.15, -0.1) is 0 Å². The number of aryl methyl sites for hydroxylation is 1. The summed E-state index contributed by atoms with van der Waals surface area (Å²) in [6.45, 7) is 10.8. The van der Waals surface area contributed by atoms with Crippen LogP contribution in [0, 0.1) is 24.2 Å². The molecule has 114 valence electrons. The second-order valence-electron chi connectivity index (χ2n) is 6.49. The lowest BCUT2D eigenvalue weighted by atomic mass is 9.87. The van der Waals surface area contributed by atoms with Gasteiger partial charge in [-0.25, -0.2) is 0 Å². The van der Waals surface area contributed by atoms with Gasteiger partial charge in [-0.1, -0.05) is 32.6 Å². The van der Waals surface area contributed by atoms with Crippen molar-refractivity contribution in [2.75, 3.05) is 13.6 Å². The molecule has 0 spiro atoms. The molecule has 0 saturated heterocycles. The van der Waals surface area contributed by atoms with Crippen LogP contribution in [-0.2, 0) is 0 Å². The van der Waals surface area contributed by atoms with Crippen LogP contribution >= 0.6 is 0 Å². The summed E-state index contributed by atoms with van der Waals surface area (Å²) in [6.07, 6.45) is 0. The minimum atomic E-state index is 0.0406. The molecule has 0 bridgehead atoms. The Morgan fingerprint density at radius 2 is 2.00 bits per heavy atom. The third kappa shape index (κ3) is 4.34. The van der Waals surface area contributed by atoms with E-state index in [9.17, 15) is 4.79 Å². The summed E-state index contributed by atoms with van der Waals surface area (Å²) < 4.78 is 0. The predicted octanol–water partition coefficient (Wildman–Crippen LogP) is 2.81. The number of hydrogen-bond donors (Lipinski definition) is 1. The molecule has 1 aromatic carbocycles. The summed E-state index contributed by atoms with van der Waals surface area (Å²) in [5.74, 6) is 5.89. The minimum Gasteiger partial charge on any atom is -0.338 e. The zero-order chi connectivity index (χ0) is 16.2. The van der Waals surface area contributed by atoms with Crippen molar-refractivity contribution < 1.29 is 4.79 Å². The molecule has 1 rings (SSSR count). The number of nitrogens with zero attached hydrogens (tertiary/aromatic N) is 1. The van der Waals surface area contributed by atoms with Gasteiger partial charge in [0.25, 0.3) is 5.91 Å². The van der Waals surface area contributed by atoms with E-state index < -0.39 is 0 Å². The average Bonchev–Trinajstić information content (AvgIpc) is 2.42. The molecule has 1 unspecified atom stereocenters. The van der Waals surface area contributed by atoms with Crippen LogP contribution < -0.4 is 5.73 Å². The smallest absolute Gasteiger partial charge is 0.253 e. The second-order valence-corrected chi connectivity index (χ2v) is 6.49. The summed E-state index contributed by atoms with van der Waals surface area (Å²) >= 11 is 0. The van der Waals surface area contributed by atoms with Gasteiger partial charge in [-0.05, 0) is 43.0 Å². The fourth-order valence-corrected chi connectivity index (χ4v) is 2.04. The van der Waals surface area contributed by atoms with E-state index in [0.29, 0.717) is 12.1 Å². The standard InChI is InChI=1S/C18H26N2O/c1-13-12-16(10-9-15(13)8-7-11-19)17(21)20(6)14(2)18(3,4)5/h9-10,12,14H,11,19H2,1-6H3. The molecule has 2 N–H and O–H groups in total. The van der Waals surface area contributed by atoms with E-state index >= 15 is 0 Å². The quantitative estimate of drug-likeness (QED) is 0.850. The molecule has 3 heteroatoms. The van der Waals surface area contributed by atoms with Crippen molar-refractivity contribution in [3.05, 3.63) is 34.9 Å². The molecule has 1 amide bonds. The number of benzene rings is 1. The van der Waals surface area contributed by atoms with Gasteiger partial charge in [0.05, 0.1) is 6.54 Å². The maximum absolute atomic E-state index is 12.6. The van der Waals surface area contributed by atoms with E-state index in [2.05, 4.69) is 39.5 Å². The van der Waals surface area contributed by atoms with E-state index in [0.717, 1.165) is 11.1 Å². The van der Waals surface area contributed by atoms with Crippen LogP contribution in [0.15, 0.2) is 18.2 Å². The Kier molecular flexibility index (Phi) is 5.57. The number of carbonyl (C=O) groups excluding carboxylic acids is 1. The van der Waals surface area contributed by atoms with Crippen LogP contribution in [0.3, 0.4) is 0 Å². The molecule has 1 aromatic rings. The first-order chi connectivity index (χ1) is 9.68. The van der Waals surface area contributed by atoms with Gasteiger partial charge in [0.2, 0.25) is 0 Å². The maximum atomic E-state index is 12.6. The van der Waals surface area contributed by atoms with Crippen LogP contribution in [0.1, 0.15) is 49.2 Å². The van der Waals surface area contributed by atoms with Gasteiger partial charge in [0.1, 0.15) is 0 Å². The summed E-state index contributed by atoms with van der Waals surface area (Å²) in [6, 6.07) is 5.78. The highest BCUT2D eigenvalue weighted by molar-refractivity contribution is 5.94. The Balaban J connectivity index is 3.01. The van der Waals surface area contributed by atoms with E-state index in [1.807, 2.05) is 32.2 Å². The molecular formula is C18H26N2O. The van der Waals surface area contributed by atoms with Crippen molar-refractivity contribution in [1.29, 1.82) is 0 Å². The van der Waals surface area contributed by atoms with E-state index in [1.165, 1.54) is 0 Å². The molecule has 0 radical (unpaired) electrons. The lowest BCUT2D eigenvalue weighted by Crippen LogP contribution is -2.43. The fourth-order valence-electron chi connectivity index (χ4n) is 2.04. The summed E-state index contributed by atoms with van der Waals surface area (Å²) in [5.41, 5.74) is 8.05. The van der Waals surface area contributed by atoms with Gasteiger partial charge in [-0.2, -0.15) is 0 Å². The van der Waals surface area contributed by atoms with Crippen molar-refractivity contribution >= 4 is 5.91 Å². The topological polar surface area (TPSA) is 46.3 Å². The molecule has 0 aliphatic heterocycles. The first-order valence-corrected chi connectivity index (χ1v) is 7.25. The maximum Gasteiger partial charge on any atom is 0.253 e. The Bertz CT molecular complexity index is 573. The largest absolute Gasteiger partial charge is 0.338 e. The highest BCUT2D eigenvalue weighted by Crippen LogP contribution is 2.24. The van der Waals surface area contributed by atoms with Crippen LogP contribution in [0.4, 0.5) is 0 Å². The van der Waals surface area contributed by atoms with Crippen molar-refractivity contribution in [3.63, 3.8) is 0 Å². The van der Waals surface area contributed by atoms with Gasteiger partial charge in [0, 0.05) is 24.2 Å². The fraction of sp³-hybridized carbons (Fsp3) is 0.500. The number of hydrogen-bond acceptors (Lipinski definition) is 2. The zero-order valence-electron chi connectivity index (χ0n) is 13.9. The molecule has 0 aliphatic rings. The number of carbonyl (C=O) groups is 1. The molecule has 3 nitrogen and oxygen atoms in total. The van der Waals surface area contributed by atoms with E-state index in [1.54, 1.807) is 4.90 Å². The Labute approximate surface area is 128 Å². The summed E-state index contributed by atoms with van der Waals surface area (Å²) in [5, 5.41) is 0. The minimum absolute atomic E-state index is 0.0406. The lowest BCUT2D eigenvalue weighted by molar-refractivity contribution is 0.0629. The third-order valence-electron chi connectivity index (χ3n) is 3.95. The normalized spacial score (nSPS) is 12.3. The molecule has 0 aliphatic carbocycles. The Hall–Kier alpha value is -1.79. The van der Waals surface area contributed by atoms with E-state index in [4.69, 9.17) is 5.73 Å². The molecule has 21 heavy (non-hydrogen) atoms. The Morgan fingerprint density at radius 3 is 2.48 bits per heavy atom. The second kappa shape index (κ2) is 6.78. The number of rotatable bonds is 2. The van der Waals surface area contributed by atoms with Gasteiger partial charge >= 0.3 is 0 Å². The van der Waals surface area contributed by atoms with Crippen LogP contribution in [0.2, 0.25) is 0 Å². The van der Waals surface area contributed by atoms with Crippen molar-refractivity contribution in [2.45, 2.75) is 40.7 Å². The van der Waals surface area contributed by atoms with E-state index in [-0.39, 0.29) is 17.4 Å². The highest BCUT2D eigenvalue weighted by Gasteiger charge is 2.27. The predicted molar refractivity (Wildman–Crippen MR) is 88.1 cm³/mol. The number of amides is 1. The molecular weight excluding hydrogens is 260 g/mol. The van der Waals surface area contributed by atoms with Crippen LogP contribution in [0.25, 0.3) is 0 Å². The van der Waals surface area contributed by atoms with Crippen LogP contribution in [-0.4, -0.2) is 30.4 Å². The van der Waals surface area contributed by atoms with Crippen molar-refractivity contribution in [1.82, 2.24) is 4.90 Å². The van der Waals surface area contributed by atoms with Crippen molar-refractivity contribution in [2.24, 2.45) is 11.1 Å². The SMILES string of the molecule is Cc1cc(C(=O)N(C)C(C)C(C)(C)C)ccc1C#CCN. The Morgan fingerprint density at radius 1 is 1.38 bits per heavy atom. The average molecular weight is 286 g/mol. The van der Waals surface area contributed by atoms with Gasteiger partial charge in [0.15, 0.2) is 0 Å². The van der Waals surface area contributed by atoms with Gasteiger partial charge < -0.3 is 10.6 Å². The molecule has 0 fully saturated rings. The zero-order valence-corrected chi connectivity index (χ0v) is 13.9. The molecule has 0 aromatic heterocycles. The highest BCUT2D eigenvalue weighted by atomic mass is 16.2. The van der Waals surface area contributed by atoms with Crippen molar-refractivity contribution in [3.8, 4) is 11.8 Å². The molecule has 1 atom stereocenters. The third-order valence-corrected chi connectivity index (χ3v) is 3.95. The summed E-state index contributed by atoms with van der Waals surface area (Å²) in [4.78, 5) is 14.4. The number of nitrogens with two attached hydrogens (primary N) is 1. The molecule has 0 heterocycles. The molecule has 0 saturated carbocycles. The first-order valence-electron chi connectivity index (χ1n) is 7.25. The monoisotopic (exact) mass is 286 g/mol. The van der Waals surface area contributed by atoms with Gasteiger partial charge in [-0.3, -0.25) is 4.79 Å². The van der Waals surface area contributed by atoms with Crippen LogP contribution in [0.5, 0.6) is 0 Å².